The largest absolute Gasteiger partial charge is 0.348 e. The van der Waals surface area contributed by atoms with Crippen molar-refractivity contribution in [3.63, 3.8) is 0 Å². The van der Waals surface area contributed by atoms with Gasteiger partial charge in [-0.15, -0.1) is 5.10 Å². The van der Waals surface area contributed by atoms with E-state index in [0.717, 1.165) is 61.6 Å². The van der Waals surface area contributed by atoms with Crippen LogP contribution >= 0.6 is 0 Å². The molecule has 1 aromatic carbocycles. The van der Waals surface area contributed by atoms with Crippen molar-refractivity contribution >= 4 is 17.0 Å². The van der Waals surface area contributed by atoms with Crippen LogP contribution in [0.3, 0.4) is 0 Å². The zero-order chi connectivity index (χ0) is 18.2. The fourth-order valence-electron chi connectivity index (χ4n) is 4.18. The van der Waals surface area contributed by atoms with Gasteiger partial charge in [0.25, 0.3) is 0 Å². The zero-order valence-electron chi connectivity index (χ0n) is 15.1. The maximum Gasteiger partial charge on any atom is 0.154 e. The third kappa shape index (κ3) is 3.00. The molecule has 0 saturated carbocycles. The molecule has 5 rings (SSSR count). The lowest BCUT2D eigenvalue weighted by Gasteiger charge is -2.26. The van der Waals surface area contributed by atoms with Gasteiger partial charge in [0.05, 0.1) is 17.9 Å². The molecule has 1 atom stereocenters. The number of benzene rings is 1. The van der Waals surface area contributed by atoms with Gasteiger partial charge in [0.1, 0.15) is 11.6 Å². The number of rotatable bonds is 3. The van der Waals surface area contributed by atoms with Crippen LogP contribution in [0.5, 0.6) is 0 Å². The fraction of sp³-hybridized carbons (Fsp3) is 0.333. The monoisotopic (exact) mass is 363 g/mol. The maximum atomic E-state index is 13.7. The molecule has 0 amide bonds. The molecular weight excluding hydrogens is 341 g/mol. The van der Waals surface area contributed by atoms with Gasteiger partial charge in [-0.3, -0.25) is 0 Å². The SMILES string of the molecule is Fc1cccc([C@H]2CCCN2c2ccc3ncc(C4=CCCNC4)n3n2)c1. The zero-order valence-corrected chi connectivity index (χ0v) is 15.1. The minimum absolute atomic E-state index is 0.160. The molecule has 5 nitrogen and oxygen atoms in total. The summed E-state index contributed by atoms with van der Waals surface area (Å²) in [7, 11) is 0. The number of imidazole rings is 1. The Bertz CT molecular complexity index is 1010. The highest BCUT2D eigenvalue weighted by atomic mass is 19.1. The average Bonchev–Trinajstić information content (AvgIpc) is 3.35. The Balaban J connectivity index is 1.53. The van der Waals surface area contributed by atoms with Crippen LogP contribution in [-0.2, 0) is 0 Å². The summed E-state index contributed by atoms with van der Waals surface area (Å²) < 4.78 is 15.7. The molecule has 3 aromatic rings. The molecule has 0 radical (unpaired) electrons. The number of aromatic nitrogens is 3. The highest BCUT2D eigenvalue weighted by molar-refractivity contribution is 5.67. The smallest absolute Gasteiger partial charge is 0.154 e. The molecule has 2 aromatic heterocycles. The third-order valence-corrected chi connectivity index (χ3v) is 5.49. The molecule has 2 aliphatic heterocycles. The first kappa shape index (κ1) is 16.4. The summed E-state index contributed by atoms with van der Waals surface area (Å²) in [4.78, 5) is 6.80. The van der Waals surface area contributed by atoms with Crippen molar-refractivity contribution in [2.75, 3.05) is 24.5 Å². The summed E-state index contributed by atoms with van der Waals surface area (Å²) in [6.45, 7) is 2.78. The molecule has 0 aliphatic carbocycles. The van der Waals surface area contributed by atoms with E-state index in [9.17, 15) is 4.39 Å². The van der Waals surface area contributed by atoms with Crippen LogP contribution in [0.1, 0.15) is 36.6 Å². The van der Waals surface area contributed by atoms with E-state index in [1.165, 1.54) is 11.6 Å². The minimum Gasteiger partial charge on any atom is -0.348 e. The number of nitrogens with zero attached hydrogens (tertiary/aromatic N) is 4. The van der Waals surface area contributed by atoms with E-state index >= 15 is 0 Å². The van der Waals surface area contributed by atoms with E-state index in [2.05, 4.69) is 21.3 Å². The maximum absolute atomic E-state index is 13.7. The Morgan fingerprint density at radius 3 is 3.00 bits per heavy atom. The molecule has 6 heteroatoms. The normalized spacial score (nSPS) is 20.3. The van der Waals surface area contributed by atoms with Gasteiger partial charge in [-0.05, 0) is 61.2 Å². The van der Waals surface area contributed by atoms with Gasteiger partial charge in [0, 0.05) is 13.1 Å². The Hall–Kier alpha value is -2.73. The standard InChI is InChI=1S/C21H22FN5/c22-17-6-1-4-15(12-17)18-7-3-11-26(18)21-9-8-20-24-14-19(27(20)25-21)16-5-2-10-23-13-16/h1,4-6,8-9,12,14,18,23H,2-3,7,10-11,13H2/t18-/m1/s1. The summed E-state index contributed by atoms with van der Waals surface area (Å²) in [5.41, 5.74) is 4.14. The van der Waals surface area contributed by atoms with Crippen LogP contribution in [-0.4, -0.2) is 34.2 Å². The predicted molar refractivity (Wildman–Crippen MR) is 104 cm³/mol. The Kier molecular flexibility index (Phi) is 4.13. The summed E-state index contributed by atoms with van der Waals surface area (Å²) in [6.07, 6.45) is 7.27. The quantitative estimate of drug-likeness (QED) is 0.773. The van der Waals surface area contributed by atoms with E-state index in [1.54, 1.807) is 12.1 Å². The molecule has 1 N–H and O–H groups in total. The lowest BCUT2D eigenvalue weighted by molar-refractivity contribution is 0.617. The first-order valence-electron chi connectivity index (χ1n) is 9.56. The van der Waals surface area contributed by atoms with Crippen LogP contribution in [0.4, 0.5) is 10.2 Å². The lowest BCUT2D eigenvalue weighted by atomic mass is 10.0. The number of hydrogen-bond acceptors (Lipinski definition) is 4. The average molecular weight is 363 g/mol. The second kappa shape index (κ2) is 6.78. The third-order valence-electron chi connectivity index (χ3n) is 5.49. The van der Waals surface area contributed by atoms with Crippen molar-refractivity contribution in [3.8, 4) is 0 Å². The van der Waals surface area contributed by atoms with Gasteiger partial charge in [-0.25, -0.2) is 13.9 Å². The summed E-state index contributed by atoms with van der Waals surface area (Å²) in [5, 5.41) is 8.32. The molecule has 1 saturated heterocycles. The molecular formula is C21H22FN5. The van der Waals surface area contributed by atoms with Crippen molar-refractivity contribution in [1.82, 2.24) is 19.9 Å². The van der Waals surface area contributed by atoms with Gasteiger partial charge < -0.3 is 10.2 Å². The predicted octanol–water partition coefficient (Wildman–Crippen LogP) is 3.59. The van der Waals surface area contributed by atoms with E-state index in [1.807, 2.05) is 28.9 Å². The fourth-order valence-corrected chi connectivity index (χ4v) is 4.18. The van der Waals surface area contributed by atoms with E-state index in [-0.39, 0.29) is 11.9 Å². The molecule has 4 heterocycles. The van der Waals surface area contributed by atoms with Crippen molar-refractivity contribution < 1.29 is 4.39 Å². The number of anilines is 1. The van der Waals surface area contributed by atoms with Crippen LogP contribution < -0.4 is 10.2 Å². The second-order valence-electron chi connectivity index (χ2n) is 7.21. The van der Waals surface area contributed by atoms with Crippen LogP contribution in [0.25, 0.3) is 11.2 Å². The number of nitrogens with one attached hydrogen (secondary N) is 1. The van der Waals surface area contributed by atoms with Crippen molar-refractivity contribution in [3.05, 3.63) is 65.7 Å². The van der Waals surface area contributed by atoms with Crippen LogP contribution in [0.15, 0.2) is 48.7 Å². The van der Waals surface area contributed by atoms with E-state index < -0.39 is 0 Å². The van der Waals surface area contributed by atoms with E-state index in [0.29, 0.717) is 0 Å². The summed E-state index contributed by atoms with van der Waals surface area (Å²) >= 11 is 0. The molecule has 138 valence electrons. The molecule has 0 spiro atoms. The van der Waals surface area contributed by atoms with Gasteiger partial charge in [0.15, 0.2) is 5.65 Å². The summed E-state index contributed by atoms with van der Waals surface area (Å²) in [5.74, 6) is 0.731. The summed E-state index contributed by atoms with van der Waals surface area (Å²) in [6, 6.07) is 11.1. The second-order valence-corrected chi connectivity index (χ2v) is 7.21. The molecule has 1 fully saturated rings. The van der Waals surface area contributed by atoms with Crippen LogP contribution in [0, 0.1) is 5.82 Å². The highest BCUT2D eigenvalue weighted by Gasteiger charge is 2.28. The molecule has 0 bridgehead atoms. The Labute approximate surface area is 157 Å². The first-order chi connectivity index (χ1) is 13.3. The van der Waals surface area contributed by atoms with Crippen molar-refractivity contribution in [2.24, 2.45) is 0 Å². The number of halogens is 1. The Morgan fingerprint density at radius 2 is 2.15 bits per heavy atom. The topological polar surface area (TPSA) is 45.5 Å². The lowest BCUT2D eigenvalue weighted by Crippen LogP contribution is -2.25. The molecule has 27 heavy (non-hydrogen) atoms. The van der Waals surface area contributed by atoms with Gasteiger partial charge in [0.2, 0.25) is 0 Å². The van der Waals surface area contributed by atoms with Gasteiger partial charge in [-0.1, -0.05) is 18.2 Å². The minimum atomic E-state index is -0.184. The highest BCUT2D eigenvalue weighted by Crippen LogP contribution is 2.35. The van der Waals surface area contributed by atoms with E-state index in [4.69, 9.17) is 5.10 Å². The number of fused-ring (bicyclic) bond motifs is 1. The number of hydrogen-bond donors (Lipinski definition) is 1. The van der Waals surface area contributed by atoms with Crippen molar-refractivity contribution in [2.45, 2.75) is 25.3 Å². The Morgan fingerprint density at radius 1 is 1.19 bits per heavy atom. The van der Waals surface area contributed by atoms with Crippen molar-refractivity contribution in [1.29, 1.82) is 0 Å². The molecule has 2 aliphatic rings. The molecule has 0 unspecified atom stereocenters. The first-order valence-corrected chi connectivity index (χ1v) is 9.56. The van der Waals surface area contributed by atoms with Crippen LogP contribution in [0.2, 0.25) is 0 Å². The van der Waals surface area contributed by atoms with Gasteiger partial charge in [-0.2, -0.15) is 0 Å². The van der Waals surface area contributed by atoms with Gasteiger partial charge >= 0.3 is 0 Å².